The summed E-state index contributed by atoms with van der Waals surface area (Å²) < 4.78 is 5.71. The number of anilines is 1. The van der Waals surface area contributed by atoms with Gasteiger partial charge in [0.2, 0.25) is 11.0 Å². The fourth-order valence-electron chi connectivity index (χ4n) is 1.76. The molecule has 0 fully saturated rings. The maximum atomic E-state index is 11.1. The minimum atomic E-state index is -0.274. The van der Waals surface area contributed by atoms with Crippen molar-refractivity contribution in [2.24, 2.45) is 5.73 Å². The average Bonchev–Trinajstić information content (AvgIpc) is 2.92. The van der Waals surface area contributed by atoms with Gasteiger partial charge in [-0.3, -0.25) is 10.1 Å². The molecule has 0 aliphatic heterocycles. The Hall–Kier alpha value is -1.70. The van der Waals surface area contributed by atoms with E-state index in [0.29, 0.717) is 16.8 Å². The Kier molecular flexibility index (Phi) is 6.11. The van der Waals surface area contributed by atoms with Gasteiger partial charge < -0.3 is 10.5 Å². The van der Waals surface area contributed by atoms with Crippen molar-refractivity contribution >= 4 is 34.0 Å². The van der Waals surface area contributed by atoms with Crippen LogP contribution in [0.2, 0.25) is 5.02 Å². The van der Waals surface area contributed by atoms with Crippen molar-refractivity contribution in [3.8, 4) is 5.75 Å². The fourth-order valence-corrected chi connectivity index (χ4v) is 2.78. The predicted molar refractivity (Wildman–Crippen MR) is 87.6 cm³/mol. The number of carbonyl (C=O) groups is 1. The van der Waals surface area contributed by atoms with E-state index < -0.39 is 0 Å². The highest BCUT2D eigenvalue weighted by atomic mass is 35.5. The van der Waals surface area contributed by atoms with Crippen molar-refractivity contribution in [3.05, 3.63) is 33.8 Å². The Morgan fingerprint density at radius 2 is 2.27 bits per heavy atom. The van der Waals surface area contributed by atoms with Gasteiger partial charge in [0.1, 0.15) is 10.8 Å². The second-order valence-electron chi connectivity index (χ2n) is 4.62. The third kappa shape index (κ3) is 4.94. The van der Waals surface area contributed by atoms with Gasteiger partial charge in [-0.1, -0.05) is 22.9 Å². The Morgan fingerprint density at radius 1 is 1.45 bits per heavy atom. The maximum absolute atomic E-state index is 11.1. The van der Waals surface area contributed by atoms with Crippen molar-refractivity contribution in [3.63, 3.8) is 0 Å². The molecule has 6 nitrogen and oxygen atoms in total. The Balaban J connectivity index is 1.76. The zero-order valence-corrected chi connectivity index (χ0v) is 13.7. The highest BCUT2D eigenvalue weighted by Gasteiger charge is 2.07. The first-order chi connectivity index (χ1) is 10.6. The van der Waals surface area contributed by atoms with Gasteiger partial charge in [-0.15, -0.1) is 10.2 Å². The quantitative estimate of drug-likeness (QED) is 0.755. The average molecular weight is 341 g/mol. The summed E-state index contributed by atoms with van der Waals surface area (Å²) >= 11 is 7.25. The third-order valence-corrected chi connectivity index (χ3v) is 3.96. The molecule has 0 atom stereocenters. The number of benzene rings is 1. The maximum Gasteiger partial charge on any atom is 0.239 e. The van der Waals surface area contributed by atoms with Gasteiger partial charge >= 0.3 is 0 Å². The first-order valence-corrected chi connectivity index (χ1v) is 7.99. The lowest BCUT2D eigenvalue weighted by molar-refractivity contribution is -0.114. The van der Waals surface area contributed by atoms with Crippen LogP contribution in [0.4, 0.5) is 5.13 Å². The molecule has 0 aliphatic rings. The zero-order chi connectivity index (χ0) is 15.9. The van der Waals surface area contributed by atoms with Gasteiger partial charge in [0.05, 0.1) is 13.2 Å². The minimum Gasteiger partial charge on any atom is -0.493 e. The molecular weight excluding hydrogens is 324 g/mol. The number of nitrogens with one attached hydrogen (secondary N) is 1. The highest BCUT2D eigenvalue weighted by molar-refractivity contribution is 7.15. The standard InChI is InChI=1S/C14H17ClN4O2S/c1-9-7-10(15)4-5-11(9)21-6-2-3-13-18-19-14(22-13)17-12(20)8-16/h4-5,7H,2-3,6,8,16H2,1H3,(H,17,19,20). The molecule has 0 bridgehead atoms. The van der Waals surface area contributed by atoms with E-state index in [9.17, 15) is 4.79 Å². The number of aromatic nitrogens is 2. The molecule has 0 aliphatic carbocycles. The van der Waals surface area contributed by atoms with Crippen LogP contribution in [0.5, 0.6) is 5.75 Å². The van der Waals surface area contributed by atoms with E-state index in [-0.39, 0.29) is 12.5 Å². The molecule has 22 heavy (non-hydrogen) atoms. The van der Waals surface area contributed by atoms with Gasteiger partial charge in [-0.2, -0.15) is 0 Å². The molecule has 1 heterocycles. The normalized spacial score (nSPS) is 10.5. The zero-order valence-electron chi connectivity index (χ0n) is 12.1. The Morgan fingerprint density at radius 3 is 3.00 bits per heavy atom. The number of nitrogens with two attached hydrogens (primary N) is 1. The molecule has 2 aromatic rings. The number of ether oxygens (including phenoxy) is 1. The van der Waals surface area contributed by atoms with Crippen LogP contribution in [-0.4, -0.2) is 29.3 Å². The summed E-state index contributed by atoms with van der Waals surface area (Å²) in [5, 5.41) is 12.5. The van der Waals surface area contributed by atoms with E-state index in [0.717, 1.165) is 29.2 Å². The number of hydrogen-bond acceptors (Lipinski definition) is 6. The summed E-state index contributed by atoms with van der Waals surface area (Å²) in [6.45, 7) is 2.47. The van der Waals surface area contributed by atoms with E-state index in [1.54, 1.807) is 6.07 Å². The molecule has 0 saturated heterocycles. The van der Waals surface area contributed by atoms with E-state index in [1.165, 1.54) is 11.3 Å². The SMILES string of the molecule is Cc1cc(Cl)ccc1OCCCc1nnc(NC(=O)CN)s1. The van der Waals surface area contributed by atoms with Gasteiger partial charge in [0, 0.05) is 11.4 Å². The summed E-state index contributed by atoms with van der Waals surface area (Å²) in [5.74, 6) is 0.557. The minimum absolute atomic E-state index is 0.0663. The Bertz CT molecular complexity index is 648. The molecule has 0 spiro atoms. The summed E-state index contributed by atoms with van der Waals surface area (Å²) in [7, 11) is 0. The highest BCUT2D eigenvalue weighted by Crippen LogP contribution is 2.22. The summed E-state index contributed by atoms with van der Waals surface area (Å²) in [4.78, 5) is 11.1. The van der Waals surface area contributed by atoms with E-state index in [1.807, 2.05) is 19.1 Å². The van der Waals surface area contributed by atoms with E-state index in [4.69, 9.17) is 22.1 Å². The van der Waals surface area contributed by atoms with E-state index in [2.05, 4.69) is 15.5 Å². The number of nitrogens with zero attached hydrogens (tertiary/aromatic N) is 2. The van der Waals surface area contributed by atoms with Gasteiger partial charge in [-0.25, -0.2) is 0 Å². The molecule has 118 valence electrons. The second kappa shape index (κ2) is 8.07. The van der Waals surface area contributed by atoms with E-state index >= 15 is 0 Å². The summed E-state index contributed by atoms with van der Waals surface area (Å²) in [5.41, 5.74) is 6.23. The van der Waals surface area contributed by atoms with Gasteiger partial charge in [0.25, 0.3) is 0 Å². The van der Waals surface area contributed by atoms with Gasteiger partial charge in [0.15, 0.2) is 0 Å². The molecule has 2 rings (SSSR count). The fraction of sp³-hybridized carbons (Fsp3) is 0.357. The van der Waals surface area contributed by atoms with Crippen molar-refractivity contribution in [1.82, 2.24) is 10.2 Å². The van der Waals surface area contributed by atoms with Crippen LogP contribution in [0.1, 0.15) is 17.0 Å². The lowest BCUT2D eigenvalue weighted by Crippen LogP contribution is -2.21. The monoisotopic (exact) mass is 340 g/mol. The van der Waals surface area contributed by atoms with Crippen LogP contribution >= 0.6 is 22.9 Å². The van der Waals surface area contributed by atoms with Crippen LogP contribution in [0, 0.1) is 6.92 Å². The number of aryl methyl sites for hydroxylation is 2. The van der Waals surface area contributed by atoms with Crippen LogP contribution in [0.15, 0.2) is 18.2 Å². The van der Waals surface area contributed by atoms with Crippen LogP contribution in [0.3, 0.4) is 0 Å². The molecule has 8 heteroatoms. The summed E-state index contributed by atoms with van der Waals surface area (Å²) in [6, 6.07) is 5.54. The predicted octanol–water partition coefficient (Wildman–Crippen LogP) is 2.41. The number of halogens is 1. The van der Waals surface area contributed by atoms with Crippen molar-refractivity contribution < 1.29 is 9.53 Å². The Labute approximate surface area is 137 Å². The molecule has 1 aromatic carbocycles. The molecular formula is C14H17ClN4O2S. The first-order valence-electron chi connectivity index (χ1n) is 6.79. The number of hydrogen-bond donors (Lipinski definition) is 2. The molecule has 0 unspecified atom stereocenters. The lowest BCUT2D eigenvalue weighted by atomic mass is 10.2. The largest absolute Gasteiger partial charge is 0.493 e. The third-order valence-electron chi connectivity index (χ3n) is 2.83. The molecule has 1 amide bonds. The molecule has 1 aromatic heterocycles. The van der Waals surface area contributed by atoms with Crippen LogP contribution in [0.25, 0.3) is 0 Å². The molecule has 0 saturated carbocycles. The second-order valence-corrected chi connectivity index (χ2v) is 6.11. The number of amides is 1. The first kappa shape index (κ1) is 16.7. The van der Waals surface area contributed by atoms with Crippen molar-refractivity contribution in [1.29, 1.82) is 0 Å². The smallest absolute Gasteiger partial charge is 0.239 e. The number of rotatable bonds is 7. The molecule has 3 N–H and O–H groups in total. The van der Waals surface area contributed by atoms with Crippen LogP contribution < -0.4 is 15.8 Å². The van der Waals surface area contributed by atoms with Gasteiger partial charge in [-0.05, 0) is 37.1 Å². The number of carbonyl (C=O) groups excluding carboxylic acids is 1. The van der Waals surface area contributed by atoms with Crippen molar-refractivity contribution in [2.75, 3.05) is 18.5 Å². The molecule has 0 radical (unpaired) electrons. The van der Waals surface area contributed by atoms with Crippen molar-refractivity contribution in [2.45, 2.75) is 19.8 Å². The van der Waals surface area contributed by atoms with Crippen LogP contribution in [-0.2, 0) is 11.2 Å². The lowest BCUT2D eigenvalue weighted by Gasteiger charge is -2.08. The topological polar surface area (TPSA) is 90.1 Å². The summed E-state index contributed by atoms with van der Waals surface area (Å²) in [6.07, 6.45) is 1.55.